The third-order valence-electron chi connectivity index (χ3n) is 4.77. The molecule has 1 unspecified atom stereocenters. The van der Waals surface area contributed by atoms with Crippen LogP contribution in [-0.2, 0) is 4.79 Å². The highest BCUT2D eigenvalue weighted by Gasteiger charge is 2.56. The van der Waals surface area contributed by atoms with E-state index in [9.17, 15) is 14.0 Å². The van der Waals surface area contributed by atoms with Crippen LogP contribution in [0.3, 0.4) is 0 Å². The van der Waals surface area contributed by atoms with Crippen LogP contribution in [0.4, 0.5) is 15.1 Å². The SMILES string of the molecule is CC(C)N1c2nnc(-c3ccc(F)cc3)n2C2=[N+](C)C(=O)N(C)C(=O)C21. The van der Waals surface area contributed by atoms with Gasteiger partial charge in [0, 0.05) is 11.6 Å². The number of urea groups is 1. The number of fused-ring (bicyclic) bond motifs is 3. The zero-order valence-corrected chi connectivity index (χ0v) is 14.8. The molecule has 3 amide bonds. The first-order chi connectivity index (χ1) is 12.3. The molecule has 4 rings (SSSR count). The van der Waals surface area contributed by atoms with Crippen molar-refractivity contribution in [2.45, 2.75) is 25.9 Å². The van der Waals surface area contributed by atoms with Gasteiger partial charge in [0.05, 0.1) is 14.1 Å². The van der Waals surface area contributed by atoms with Crippen molar-refractivity contribution in [1.29, 1.82) is 0 Å². The number of hydrogen-bond acceptors (Lipinski definition) is 5. The summed E-state index contributed by atoms with van der Waals surface area (Å²) < 4.78 is 16.4. The fraction of sp³-hybridized carbons (Fsp3) is 0.353. The molecule has 9 heteroatoms. The second kappa shape index (κ2) is 5.45. The fourth-order valence-electron chi connectivity index (χ4n) is 3.49. The van der Waals surface area contributed by atoms with Crippen LogP contribution in [0, 0.1) is 5.82 Å². The van der Waals surface area contributed by atoms with Gasteiger partial charge in [0.15, 0.2) is 0 Å². The van der Waals surface area contributed by atoms with Gasteiger partial charge in [-0.1, -0.05) is 5.10 Å². The molecule has 0 N–H and O–H groups in total. The largest absolute Gasteiger partial charge is 0.445 e. The standard InChI is InChI=1S/C17H18FN6O2/c1-9(2)23-12-14(21(3)17(26)22(4)15(12)25)24-13(19-20-16(23)24)10-5-7-11(18)8-6-10/h5-9,12H,1-4H3/q+1. The van der Waals surface area contributed by atoms with E-state index in [0.717, 1.165) is 4.90 Å². The minimum atomic E-state index is -0.660. The van der Waals surface area contributed by atoms with E-state index in [1.807, 2.05) is 18.7 Å². The molecule has 0 saturated carbocycles. The van der Waals surface area contributed by atoms with Gasteiger partial charge in [0.25, 0.3) is 5.95 Å². The monoisotopic (exact) mass is 357 g/mol. The smallest absolute Gasteiger partial charge is 0.303 e. The molecule has 1 atom stereocenters. The molecule has 134 valence electrons. The lowest BCUT2D eigenvalue weighted by molar-refractivity contribution is -0.407. The predicted molar refractivity (Wildman–Crippen MR) is 91.6 cm³/mol. The van der Waals surface area contributed by atoms with Crippen LogP contribution in [0.5, 0.6) is 0 Å². The molecule has 0 radical (unpaired) electrons. The van der Waals surface area contributed by atoms with Crippen LogP contribution in [0.25, 0.3) is 11.4 Å². The Morgan fingerprint density at radius 3 is 2.42 bits per heavy atom. The lowest BCUT2D eigenvalue weighted by Crippen LogP contribution is -2.60. The maximum atomic E-state index is 13.3. The second-order valence-electron chi connectivity index (χ2n) is 6.67. The van der Waals surface area contributed by atoms with E-state index in [2.05, 4.69) is 10.2 Å². The Balaban J connectivity index is 1.99. The number of carbonyl (C=O) groups is 2. The number of amides is 3. The Kier molecular flexibility index (Phi) is 3.43. The van der Waals surface area contributed by atoms with Crippen molar-refractivity contribution in [3.63, 3.8) is 0 Å². The van der Waals surface area contributed by atoms with Crippen molar-refractivity contribution in [1.82, 2.24) is 19.7 Å². The molecule has 0 saturated heterocycles. The molecule has 26 heavy (non-hydrogen) atoms. The number of aromatic nitrogens is 3. The van der Waals surface area contributed by atoms with Gasteiger partial charge >= 0.3 is 11.9 Å². The van der Waals surface area contributed by atoms with Crippen molar-refractivity contribution in [2.24, 2.45) is 0 Å². The van der Waals surface area contributed by atoms with Gasteiger partial charge in [-0.25, -0.2) is 13.8 Å². The Labute approximate surface area is 149 Å². The summed E-state index contributed by atoms with van der Waals surface area (Å²) in [6, 6.07) is 4.74. The molecule has 1 aromatic carbocycles. The highest BCUT2D eigenvalue weighted by molar-refractivity contribution is 6.19. The first-order valence-corrected chi connectivity index (χ1v) is 8.25. The van der Waals surface area contributed by atoms with Gasteiger partial charge in [-0.05, 0) is 38.1 Å². The maximum Gasteiger partial charge on any atom is 0.445 e. The summed E-state index contributed by atoms with van der Waals surface area (Å²) in [5, 5.41) is 8.49. The van der Waals surface area contributed by atoms with Crippen LogP contribution in [0.15, 0.2) is 24.3 Å². The van der Waals surface area contributed by atoms with Crippen LogP contribution in [-0.4, -0.2) is 68.2 Å². The van der Waals surface area contributed by atoms with Gasteiger partial charge in [-0.2, -0.15) is 9.47 Å². The summed E-state index contributed by atoms with van der Waals surface area (Å²) in [7, 11) is 3.09. The van der Waals surface area contributed by atoms with Crippen LogP contribution < -0.4 is 4.90 Å². The predicted octanol–water partition coefficient (Wildman–Crippen LogP) is 1.16. The first-order valence-electron chi connectivity index (χ1n) is 8.25. The molecular weight excluding hydrogens is 339 g/mol. The molecule has 0 spiro atoms. The normalized spacial score (nSPS) is 19.5. The van der Waals surface area contributed by atoms with Gasteiger partial charge in [0.1, 0.15) is 5.82 Å². The number of benzene rings is 1. The molecule has 0 aliphatic carbocycles. The van der Waals surface area contributed by atoms with Gasteiger partial charge in [-0.3, -0.25) is 4.79 Å². The minimum absolute atomic E-state index is 0.0412. The van der Waals surface area contributed by atoms with E-state index in [-0.39, 0.29) is 17.8 Å². The van der Waals surface area contributed by atoms with E-state index in [0.29, 0.717) is 23.2 Å². The number of nitrogens with zero attached hydrogens (tertiary/aromatic N) is 6. The topological polar surface area (TPSA) is 74.3 Å². The summed E-state index contributed by atoms with van der Waals surface area (Å²) in [6.07, 6.45) is 0. The quantitative estimate of drug-likeness (QED) is 0.754. The van der Waals surface area contributed by atoms with Gasteiger partial charge in [-0.15, -0.1) is 5.10 Å². The summed E-state index contributed by atoms with van der Waals surface area (Å²) >= 11 is 0. The minimum Gasteiger partial charge on any atom is -0.303 e. The van der Waals surface area contributed by atoms with Crippen molar-refractivity contribution in [3.8, 4) is 11.4 Å². The van der Waals surface area contributed by atoms with Gasteiger partial charge < -0.3 is 4.90 Å². The Hall–Kier alpha value is -3.10. The third-order valence-corrected chi connectivity index (χ3v) is 4.77. The number of carbonyl (C=O) groups excluding carboxylic acids is 2. The van der Waals surface area contributed by atoms with Crippen molar-refractivity contribution in [2.75, 3.05) is 19.0 Å². The van der Waals surface area contributed by atoms with Crippen LogP contribution in [0.1, 0.15) is 13.8 Å². The molecule has 2 aliphatic heterocycles. The van der Waals surface area contributed by atoms with Crippen LogP contribution >= 0.6 is 0 Å². The molecule has 8 nitrogen and oxygen atoms in total. The Bertz CT molecular complexity index is 962. The number of rotatable bonds is 2. The summed E-state index contributed by atoms with van der Waals surface area (Å²) in [6.45, 7) is 3.90. The number of anilines is 1. The number of likely N-dealkylation sites (N-methyl/N-ethyl adjacent to an activating group) is 1. The molecular formula is C17H18FN6O2+. The highest BCUT2D eigenvalue weighted by Crippen LogP contribution is 2.34. The van der Waals surface area contributed by atoms with E-state index < -0.39 is 12.1 Å². The van der Waals surface area contributed by atoms with Crippen molar-refractivity contribution in [3.05, 3.63) is 30.1 Å². The average molecular weight is 357 g/mol. The van der Waals surface area contributed by atoms with E-state index in [4.69, 9.17) is 0 Å². The molecule has 3 heterocycles. The third kappa shape index (κ3) is 2.03. The maximum absolute atomic E-state index is 13.3. The number of hydrogen-bond donors (Lipinski definition) is 0. The zero-order chi connectivity index (χ0) is 18.7. The second-order valence-corrected chi connectivity index (χ2v) is 6.67. The summed E-state index contributed by atoms with van der Waals surface area (Å²) in [5.41, 5.74) is 0.647. The van der Waals surface area contributed by atoms with Crippen LogP contribution in [0.2, 0.25) is 0 Å². The zero-order valence-electron chi connectivity index (χ0n) is 14.8. The number of halogens is 1. The first kappa shape index (κ1) is 16.4. The molecule has 1 aromatic heterocycles. The summed E-state index contributed by atoms with van der Waals surface area (Å²) in [5.74, 6) is 0.771. The van der Waals surface area contributed by atoms with E-state index >= 15 is 0 Å². The lowest BCUT2D eigenvalue weighted by Gasteiger charge is -2.29. The van der Waals surface area contributed by atoms with Gasteiger partial charge in [0.2, 0.25) is 17.7 Å². The molecule has 2 aliphatic rings. The molecule has 0 fully saturated rings. The summed E-state index contributed by atoms with van der Waals surface area (Å²) in [4.78, 5) is 28.3. The Morgan fingerprint density at radius 1 is 1.15 bits per heavy atom. The Morgan fingerprint density at radius 2 is 1.81 bits per heavy atom. The van der Waals surface area contributed by atoms with E-state index in [1.54, 1.807) is 23.7 Å². The fourth-order valence-corrected chi connectivity index (χ4v) is 3.49. The average Bonchev–Trinajstić information content (AvgIpc) is 3.16. The molecule has 0 bridgehead atoms. The molecule has 2 aromatic rings. The van der Waals surface area contributed by atoms with E-state index in [1.165, 1.54) is 23.8 Å². The van der Waals surface area contributed by atoms with Crippen molar-refractivity contribution < 1.29 is 18.6 Å². The lowest BCUT2D eigenvalue weighted by atomic mass is 10.1. The number of imide groups is 1. The van der Waals surface area contributed by atoms with Crippen molar-refractivity contribution >= 4 is 23.7 Å². The highest BCUT2D eigenvalue weighted by atomic mass is 19.1.